The molecule has 134 valence electrons. The van der Waals surface area contributed by atoms with E-state index in [-0.39, 0.29) is 11.9 Å². The number of aryl methyl sites for hydroxylation is 1. The number of piperidine rings is 1. The highest BCUT2D eigenvalue weighted by Gasteiger charge is 2.44. The summed E-state index contributed by atoms with van der Waals surface area (Å²) < 4.78 is 14.1. The number of nitrogens with zero attached hydrogens (tertiary/aromatic N) is 1. The van der Waals surface area contributed by atoms with Gasteiger partial charge in [-0.1, -0.05) is 13.3 Å². The number of halogens is 1. The standard InChI is InChI=1S/C19H26FN5/c1-3-4-15-17(13-6-11(20)7-16(23-2)18(13)24-15)19(22)25-9-10-5-12(25)8-14(10)21/h6-7,10,12,14,22-24H,3-5,8-9,21H2,1-2H3. The van der Waals surface area contributed by atoms with Gasteiger partial charge in [0.25, 0.3) is 0 Å². The number of benzene rings is 1. The maximum absolute atomic E-state index is 14.1. The number of hydrogen-bond acceptors (Lipinski definition) is 3. The van der Waals surface area contributed by atoms with Crippen molar-refractivity contribution in [1.29, 1.82) is 5.41 Å². The molecule has 5 N–H and O–H groups in total. The Morgan fingerprint density at radius 1 is 1.44 bits per heavy atom. The van der Waals surface area contributed by atoms with E-state index in [9.17, 15) is 4.39 Å². The monoisotopic (exact) mass is 343 g/mol. The van der Waals surface area contributed by atoms with Crippen LogP contribution in [0.25, 0.3) is 10.9 Å². The third-order valence-electron chi connectivity index (χ3n) is 5.84. The molecule has 3 atom stereocenters. The number of aromatic amines is 1. The molecule has 2 bridgehead atoms. The predicted molar refractivity (Wildman–Crippen MR) is 99.8 cm³/mol. The van der Waals surface area contributed by atoms with Crippen LogP contribution < -0.4 is 11.1 Å². The highest BCUT2D eigenvalue weighted by molar-refractivity contribution is 6.12. The molecule has 1 saturated heterocycles. The van der Waals surface area contributed by atoms with Crippen molar-refractivity contribution in [3.8, 4) is 0 Å². The van der Waals surface area contributed by atoms with Crippen molar-refractivity contribution in [2.75, 3.05) is 18.9 Å². The molecule has 2 aromatic rings. The first-order valence-corrected chi connectivity index (χ1v) is 9.16. The van der Waals surface area contributed by atoms with Crippen molar-refractivity contribution >= 4 is 22.4 Å². The number of nitrogens with two attached hydrogens (primary N) is 1. The summed E-state index contributed by atoms with van der Waals surface area (Å²) in [4.78, 5) is 5.63. The minimum Gasteiger partial charge on any atom is -0.386 e. The Morgan fingerprint density at radius 3 is 2.84 bits per heavy atom. The van der Waals surface area contributed by atoms with Crippen LogP contribution in [0.1, 0.15) is 37.4 Å². The number of aromatic nitrogens is 1. The quantitative estimate of drug-likeness (QED) is 0.509. The maximum Gasteiger partial charge on any atom is 0.130 e. The summed E-state index contributed by atoms with van der Waals surface area (Å²) in [5.74, 6) is 0.717. The average molecular weight is 343 g/mol. The first kappa shape index (κ1) is 16.4. The third-order valence-corrected chi connectivity index (χ3v) is 5.84. The van der Waals surface area contributed by atoms with Crippen LogP contribution in [0.5, 0.6) is 0 Å². The van der Waals surface area contributed by atoms with Crippen molar-refractivity contribution in [2.24, 2.45) is 11.7 Å². The van der Waals surface area contributed by atoms with E-state index < -0.39 is 0 Å². The number of anilines is 1. The van der Waals surface area contributed by atoms with Crippen LogP contribution in [0.4, 0.5) is 10.1 Å². The molecule has 2 heterocycles. The van der Waals surface area contributed by atoms with Crippen molar-refractivity contribution < 1.29 is 4.39 Å². The zero-order valence-electron chi connectivity index (χ0n) is 14.8. The normalized spacial score (nSPS) is 25.1. The Balaban J connectivity index is 1.81. The van der Waals surface area contributed by atoms with E-state index >= 15 is 0 Å². The van der Waals surface area contributed by atoms with Crippen LogP contribution in [0, 0.1) is 17.1 Å². The molecule has 0 amide bonds. The summed E-state index contributed by atoms with van der Waals surface area (Å²) in [5, 5.41) is 12.7. The summed E-state index contributed by atoms with van der Waals surface area (Å²) in [6, 6.07) is 3.67. The number of H-pyrrole nitrogens is 1. The average Bonchev–Trinajstić information content (AvgIpc) is 3.25. The van der Waals surface area contributed by atoms with Gasteiger partial charge >= 0.3 is 0 Å². The van der Waals surface area contributed by atoms with E-state index in [1.165, 1.54) is 6.07 Å². The fourth-order valence-corrected chi connectivity index (χ4v) is 4.63. The molecule has 5 nitrogen and oxygen atoms in total. The Morgan fingerprint density at radius 2 is 2.24 bits per heavy atom. The zero-order valence-corrected chi connectivity index (χ0v) is 14.8. The van der Waals surface area contributed by atoms with E-state index in [4.69, 9.17) is 11.1 Å². The Bertz CT molecular complexity index is 825. The largest absolute Gasteiger partial charge is 0.386 e. The van der Waals surface area contributed by atoms with Gasteiger partial charge in [0, 0.05) is 42.3 Å². The summed E-state index contributed by atoms with van der Waals surface area (Å²) in [7, 11) is 1.79. The van der Waals surface area contributed by atoms with Gasteiger partial charge in [0.05, 0.1) is 11.2 Å². The van der Waals surface area contributed by atoms with E-state index in [1.54, 1.807) is 13.1 Å². The van der Waals surface area contributed by atoms with Gasteiger partial charge in [-0.2, -0.15) is 0 Å². The van der Waals surface area contributed by atoms with E-state index in [1.807, 2.05) is 0 Å². The van der Waals surface area contributed by atoms with Crippen LogP contribution in [-0.2, 0) is 6.42 Å². The maximum atomic E-state index is 14.1. The molecular formula is C19H26FN5. The summed E-state index contributed by atoms with van der Waals surface area (Å²) >= 11 is 0. The van der Waals surface area contributed by atoms with E-state index in [0.717, 1.165) is 60.1 Å². The fraction of sp³-hybridized carbons (Fsp3) is 0.526. The molecule has 1 aromatic heterocycles. The first-order valence-electron chi connectivity index (χ1n) is 9.16. The van der Waals surface area contributed by atoms with E-state index in [2.05, 4.69) is 22.1 Å². The fourth-order valence-electron chi connectivity index (χ4n) is 4.63. The minimum absolute atomic E-state index is 0.264. The lowest BCUT2D eigenvalue weighted by Crippen LogP contribution is -2.44. The second-order valence-electron chi connectivity index (χ2n) is 7.40. The van der Waals surface area contributed by atoms with Gasteiger partial charge in [-0.05, 0) is 37.3 Å². The van der Waals surface area contributed by atoms with Crippen LogP contribution in [0.15, 0.2) is 12.1 Å². The molecule has 0 radical (unpaired) electrons. The third kappa shape index (κ3) is 2.51. The van der Waals surface area contributed by atoms with Gasteiger partial charge in [-0.15, -0.1) is 0 Å². The Hall–Kier alpha value is -2.08. The van der Waals surface area contributed by atoms with Crippen LogP contribution in [0.2, 0.25) is 0 Å². The molecule has 25 heavy (non-hydrogen) atoms. The molecular weight excluding hydrogens is 317 g/mol. The topological polar surface area (TPSA) is 80.9 Å². The van der Waals surface area contributed by atoms with Crippen molar-refractivity contribution in [3.63, 3.8) is 0 Å². The van der Waals surface area contributed by atoms with Crippen LogP contribution in [0.3, 0.4) is 0 Å². The van der Waals surface area contributed by atoms with Crippen molar-refractivity contribution in [2.45, 2.75) is 44.7 Å². The molecule has 1 aliphatic heterocycles. The van der Waals surface area contributed by atoms with Crippen LogP contribution >= 0.6 is 0 Å². The zero-order chi connectivity index (χ0) is 17.7. The highest BCUT2D eigenvalue weighted by Crippen LogP contribution is 2.39. The molecule has 3 unspecified atom stereocenters. The molecule has 1 aromatic carbocycles. The number of nitrogens with one attached hydrogen (secondary N) is 3. The van der Waals surface area contributed by atoms with Crippen molar-refractivity contribution in [3.05, 3.63) is 29.2 Å². The molecule has 2 aliphatic rings. The van der Waals surface area contributed by atoms with E-state index in [0.29, 0.717) is 17.8 Å². The van der Waals surface area contributed by atoms with Gasteiger partial charge in [0.1, 0.15) is 11.7 Å². The van der Waals surface area contributed by atoms with Crippen LogP contribution in [-0.4, -0.2) is 41.4 Å². The Labute approximate surface area is 147 Å². The molecule has 1 saturated carbocycles. The molecule has 2 fully saturated rings. The number of likely N-dealkylation sites (tertiary alicyclic amines) is 1. The number of amidine groups is 1. The van der Waals surface area contributed by atoms with Gasteiger partial charge in [0.15, 0.2) is 0 Å². The smallest absolute Gasteiger partial charge is 0.130 e. The van der Waals surface area contributed by atoms with Crippen molar-refractivity contribution in [1.82, 2.24) is 9.88 Å². The summed E-state index contributed by atoms with van der Waals surface area (Å²) in [6.07, 6.45) is 3.85. The van der Waals surface area contributed by atoms with Gasteiger partial charge in [-0.25, -0.2) is 4.39 Å². The molecule has 6 heteroatoms. The minimum atomic E-state index is -0.280. The number of hydrogen-bond donors (Lipinski definition) is 4. The summed E-state index contributed by atoms with van der Waals surface area (Å²) in [6.45, 7) is 2.96. The summed E-state index contributed by atoms with van der Waals surface area (Å²) in [5.41, 5.74) is 9.66. The highest BCUT2D eigenvalue weighted by atomic mass is 19.1. The molecule has 0 spiro atoms. The van der Waals surface area contributed by atoms with Gasteiger partial charge in [0.2, 0.25) is 0 Å². The van der Waals surface area contributed by atoms with Gasteiger partial charge in [-0.3, -0.25) is 5.41 Å². The number of fused-ring (bicyclic) bond motifs is 3. The Kier molecular flexibility index (Phi) is 3.95. The predicted octanol–water partition coefficient (Wildman–Crippen LogP) is 3.05. The first-order chi connectivity index (χ1) is 12.0. The second-order valence-corrected chi connectivity index (χ2v) is 7.40. The lowest BCUT2D eigenvalue weighted by atomic mass is 10.0. The van der Waals surface area contributed by atoms with Gasteiger partial charge < -0.3 is 20.9 Å². The SMILES string of the molecule is CCCc1[nH]c2c(NC)cc(F)cc2c1C(=N)N1CC2CC1CC2N. The lowest BCUT2D eigenvalue weighted by molar-refractivity contribution is 0.301. The number of rotatable bonds is 4. The second kappa shape index (κ2) is 6.02. The lowest BCUT2D eigenvalue weighted by Gasteiger charge is -2.32. The molecule has 1 aliphatic carbocycles. The molecule has 4 rings (SSSR count).